The van der Waals surface area contributed by atoms with Crippen molar-refractivity contribution in [3.8, 4) is 0 Å². The Bertz CT molecular complexity index is 280. The van der Waals surface area contributed by atoms with Crippen molar-refractivity contribution in [2.24, 2.45) is 0 Å². The van der Waals surface area contributed by atoms with Crippen molar-refractivity contribution in [1.82, 2.24) is 10.6 Å². The molecule has 0 aromatic rings. The molecular weight excluding hydrogens is 228 g/mol. The minimum Gasteiger partial charge on any atom is -0.481 e. The van der Waals surface area contributed by atoms with E-state index in [9.17, 15) is 14.4 Å². The van der Waals surface area contributed by atoms with Crippen molar-refractivity contribution < 1.29 is 24.6 Å². The topological polar surface area (TPSA) is 116 Å². The summed E-state index contributed by atoms with van der Waals surface area (Å²) in [5.41, 5.74) is 0. The maximum atomic E-state index is 11.3. The van der Waals surface area contributed by atoms with Crippen molar-refractivity contribution in [2.45, 2.75) is 31.7 Å². The molecule has 0 aromatic heterocycles. The molecule has 0 saturated carbocycles. The van der Waals surface area contributed by atoms with Gasteiger partial charge in [0.25, 0.3) is 0 Å². The summed E-state index contributed by atoms with van der Waals surface area (Å²) in [6, 6.07) is -0.931. The molecule has 1 atom stereocenters. The zero-order chi connectivity index (χ0) is 13.3. The Hall–Kier alpha value is -1.63. The highest BCUT2D eigenvalue weighted by molar-refractivity contribution is 5.83. The second-order valence-electron chi connectivity index (χ2n) is 3.60. The summed E-state index contributed by atoms with van der Waals surface area (Å²) in [5.74, 6) is -2.50. The summed E-state index contributed by atoms with van der Waals surface area (Å²) in [6.07, 6.45) is 0.424. The molecule has 0 unspecified atom stereocenters. The predicted molar refractivity (Wildman–Crippen MR) is 59.6 cm³/mol. The third-order valence-electron chi connectivity index (χ3n) is 2.11. The van der Waals surface area contributed by atoms with Gasteiger partial charge in [-0.1, -0.05) is 0 Å². The zero-order valence-electron chi connectivity index (χ0n) is 9.73. The SMILES string of the molecule is CNCC[C@@H](NC(=O)CCCC(=O)O)C(=O)O. The van der Waals surface area contributed by atoms with Gasteiger partial charge in [-0.05, 0) is 26.4 Å². The Morgan fingerprint density at radius 3 is 2.29 bits per heavy atom. The first-order chi connectivity index (χ1) is 7.97. The van der Waals surface area contributed by atoms with E-state index in [1.165, 1.54) is 0 Å². The Morgan fingerprint density at radius 1 is 1.18 bits per heavy atom. The van der Waals surface area contributed by atoms with Crippen LogP contribution in [0.3, 0.4) is 0 Å². The van der Waals surface area contributed by atoms with E-state index in [1.807, 2.05) is 0 Å². The lowest BCUT2D eigenvalue weighted by molar-refractivity contribution is -0.142. The smallest absolute Gasteiger partial charge is 0.326 e. The van der Waals surface area contributed by atoms with Crippen LogP contribution in [0.5, 0.6) is 0 Å². The van der Waals surface area contributed by atoms with Crippen molar-refractivity contribution in [3.05, 3.63) is 0 Å². The maximum Gasteiger partial charge on any atom is 0.326 e. The fourth-order valence-electron chi connectivity index (χ4n) is 1.21. The molecule has 0 radical (unpaired) electrons. The van der Waals surface area contributed by atoms with Crippen LogP contribution in [-0.2, 0) is 14.4 Å². The van der Waals surface area contributed by atoms with Crippen LogP contribution in [0.15, 0.2) is 0 Å². The molecule has 1 amide bonds. The summed E-state index contributed by atoms with van der Waals surface area (Å²) in [6.45, 7) is 0.479. The second kappa shape index (κ2) is 8.51. The van der Waals surface area contributed by atoms with E-state index in [0.717, 1.165) is 0 Å². The monoisotopic (exact) mass is 246 g/mol. The molecular formula is C10H18N2O5. The first-order valence-corrected chi connectivity index (χ1v) is 5.36. The number of carbonyl (C=O) groups excluding carboxylic acids is 1. The van der Waals surface area contributed by atoms with Gasteiger partial charge in [0.2, 0.25) is 5.91 Å². The standard InChI is InChI=1S/C10H18N2O5/c1-11-6-5-7(10(16)17)12-8(13)3-2-4-9(14)15/h7,11H,2-6H2,1H3,(H,12,13)(H,14,15)(H,16,17)/t7-/m1/s1. The molecule has 0 saturated heterocycles. The van der Waals surface area contributed by atoms with Gasteiger partial charge in [0.15, 0.2) is 0 Å². The van der Waals surface area contributed by atoms with E-state index < -0.39 is 23.9 Å². The number of hydrogen-bond donors (Lipinski definition) is 4. The molecule has 4 N–H and O–H groups in total. The number of nitrogens with one attached hydrogen (secondary N) is 2. The van der Waals surface area contributed by atoms with Gasteiger partial charge in [0, 0.05) is 12.8 Å². The van der Waals surface area contributed by atoms with Crippen LogP contribution in [-0.4, -0.2) is 47.7 Å². The Morgan fingerprint density at radius 2 is 1.82 bits per heavy atom. The van der Waals surface area contributed by atoms with Crippen LogP contribution < -0.4 is 10.6 Å². The van der Waals surface area contributed by atoms with E-state index in [1.54, 1.807) is 7.05 Å². The molecule has 7 heteroatoms. The number of rotatable bonds is 9. The predicted octanol–water partition coefficient (Wildman–Crippen LogP) is -0.580. The van der Waals surface area contributed by atoms with Gasteiger partial charge in [0.05, 0.1) is 0 Å². The lowest BCUT2D eigenvalue weighted by atomic mass is 10.2. The van der Waals surface area contributed by atoms with Crippen LogP contribution in [0.1, 0.15) is 25.7 Å². The van der Waals surface area contributed by atoms with Gasteiger partial charge in [-0.2, -0.15) is 0 Å². The number of hydrogen-bond acceptors (Lipinski definition) is 4. The minimum atomic E-state index is -1.09. The van der Waals surface area contributed by atoms with Gasteiger partial charge < -0.3 is 20.8 Å². The summed E-state index contributed by atoms with van der Waals surface area (Å²) in [5, 5.41) is 22.3. The summed E-state index contributed by atoms with van der Waals surface area (Å²) < 4.78 is 0. The quantitative estimate of drug-likeness (QED) is 0.432. The van der Waals surface area contributed by atoms with Gasteiger partial charge in [-0.3, -0.25) is 9.59 Å². The van der Waals surface area contributed by atoms with Crippen molar-refractivity contribution >= 4 is 17.8 Å². The molecule has 17 heavy (non-hydrogen) atoms. The number of carboxylic acid groups (broad SMARTS) is 2. The summed E-state index contributed by atoms with van der Waals surface area (Å²) in [4.78, 5) is 32.3. The molecule has 0 aromatic carbocycles. The van der Waals surface area contributed by atoms with Crippen LogP contribution >= 0.6 is 0 Å². The van der Waals surface area contributed by atoms with Gasteiger partial charge in [-0.25, -0.2) is 4.79 Å². The van der Waals surface area contributed by atoms with Gasteiger partial charge >= 0.3 is 11.9 Å². The molecule has 0 fully saturated rings. The normalized spacial score (nSPS) is 11.8. The minimum absolute atomic E-state index is 0.0234. The third-order valence-corrected chi connectivity index (χ3v) is 2.11. The highest BCUT2D eigenvalue weighted by atomic mass is 16.4. The van der Waals surface area contributed by atoms with E-state index in [4.69, 9.17) is 10.2 Å². The van der Waals surface area contributed by atoms with E-state index in [0.29, 0.717) is 6.54 Å². The number of carboxylic acids is 2. The molecule has 0 aliphatic heterocycles. The van der Waals surface area contributed by atoms with E-state index in [2.05, 4.69) is 10.6 Å². The Balaban J connectivity index is 3.95. The highest BCUT2D eigenvalue weighted by Gasteiger charge is 2.18. The van der Waals surface area contributed by atoms with Crippen molar-refractivity contribution in [1.29, 1.82) is 0 Å². The van der Waals surface area contributed by atoms with Crippen LogP contribution in [0, 0.1) is 0 Å². The third kappa shape index (κ3) is 8.21. The first kappa shape index (κ1) is 15.4. The zero-order valence-corrected chi connectivity index (χ0v) is 9.73. The Labute approximate surface area is 99.2 Å². The molecule has 0 spiro atoms. The number of carbonyl (C=O) groups is 3. The number of aliphatic carboxylic acids is 2. The summed E-state index contributed by atoms with van der Waals surface area (Å²) >= 11 is 0. The van der Waals surface area contributed by atoms with Crippen LogP contribution in [0.2, 0.25) is 0 Å². The van der Waals surface area contributed by atoms with Crippen LogP contribution in [0.25, 0.3) is 0 Å². The van der Waals surface area contributed by atoms with Gasteiger partial charge in [0.1, 0.15) is 6.04 Å². The fraction of sp³-hybridized carbons (Fsp3) is 0.700. The number of amides is 1. The summed E-state index contributed by atoms with van der Waals surface area (Å²) in [7, 11) is 1.69. The first-order valence-electron chi connectivity index (χ1n) is 5.36. The molecule has 0 heterocycles. The lowest BCUT2D eigenvalue weighted by Crippen LogP contribution is -2.42. The maximum absolute atomic E-state index is 11.3. The Kier molecular flexibility index (Phi) is 7.70. The van der Waals surface area contributed by atoms with Crippen LogP contribution in [0.4, 0.5) is 0 Å². The largest absolute Gasteiger partial charge is 0.481 e. The second-order valence-corrected chi connectivity index (χ2v) is 3.60. The molecule has 0 bridgehead atoms. The highest BCUT2D eigenvalue weighted by Crippen LogP contribution is 1.98. The van der Waals surface area contributed by atoms with Crippen molar-refractivity contribution in [3.63, 3.8) is 0 Å². The van der Waals surface area contributed by atoms with Crippen molar-refractivity contribution in [2.75, 3.05) is 13.6 Å². The molecule has 0 aliphatic carbocycles. The fourth-order valence-corrected chi connectivity index (χ4v) is 1.21. The van der Waals surface area contributed by atoms with E-state index >= 15 is 0 Å². The van der Waals surface area contributed by atoms with Gasteiger partial charge in [-0.15, -0.1) is 0 Å². The van der Waals surface area contributed by atoms with E-state index in [-0.39, 0.29) is 25.7 Å². The average molecular weight is 246 g/mol. The molecule has 7 nitrogen and oxygen atoms in total. The molecule has 0 rings (SSSR count). The average Bonchev–Trinajstić information content (AvgIpc) is 2.23. The molecule has 0 aliphatic rings. The molecule has 98 valence electrons. The lowest BCUT2D eigenvalue weighted by Gasteiger charge is -2.13.